The van der Waals surface area contributed by atoms with E-state index in [1.807, 2.05) is 6.92 Å². The average molecular weight is 224 g/mol. The molecule has 0 N–H and O–H groups in total. The summed E-state index contributed by atoms with van der Waals surface area (Å²) in [6, 6.07) is 0. The smallest absolute Gasteiger partial charge is 0.306 e. The van der Waals surface area contributed by atoms with Gasteiger partial charge >= 0.3 is 5.97 Å². The van der Waals surface area contributed by atoms with Crippen molar-refractivity contribution in [2.24, 2.45) is 0 Å². The predicted molar refractivity (Wildman–Crippen MR) is 66.2 cm³/mol. The van der Waals surface area contributed by atoms with Gasteiger partial charge in [-0.05, 0) is 45.4 Å². The molecule has 0 saturated heterocycles. The van der Waals surface area contributed by atoms with E-state index in [4.69, 9.17) is 4.74 Å². The Bertz CT molecular complexity index is 221. The fourth-order valence-electron chi connectivity index (χ4n) is 1.99. The number of carbonyl (C=O) groups excluding carboxylic acids is 1. The molecule has 0 saturated carbocycles. The van der Waals surface area contributed by atoms with Gasteiger partial charge in [-0.2, -0.15) is 0 Å². The summed E-state index contributed by atoms with van der Waals surface area (Å²) in [4.78, 5) is 11.4. The molecule has 0 amide bonds. The van der Waals surface area contributed by atoms with Crippen LogP contribution in [0.5, 0.6) is 0 Å². The van der Waals surface area contributed by atoms with Gasteiger partial charge in [0.25, 0.3) is 0 Å². The van der Waals surface area contributed by atoms with Crippen molar-refractivity contribution < 1.29 is 9.53 Å². The third kappa shape index (κ3) is 6.65. The SMILES string of the molecule is CC1CCCCCC/C=C/CCCC(=O)O1. The molecule has 1 aliphatic heterocycles. The zero-order chi connectivity index (χ0) is 11.6. The minimum Gasteiger partial charge on any atom is -0.463 e. The number of hydrogen-bond donors (Lipinski definition) is 0. The van der Waals surface area contributed by atoms with Crippen LogP contribution in [0.15, 0.2) is 12.2 Å². The Labute approximate surface area is 99.1 Å². The van der Waals surface area contributed by atoms with Crippen molar-refractivity contribution in [1.82, 2.24) is 0 Å². The van der Waals surface area contributed by atoms with E-state index >= 15 is 0 Å². The molecular weight excluding hydrogens is 200 g/mol. The number of allylic oxidation sites excluding steroid dienone is 2. The second-order valence-corrected chi connectivity index (χ2v) is 4.66. The molecule has 1 atom stereocenters. The van der Waals surface area contributed by atoms with E-state index in [9.17, 15) is 4.79 Å². The molecule has 1 aliphatic rings. The van der Waals surface area contributed by atoms with Gasteiger partial charge in [0.2, 0.25) is 0 Å². The minimum atomic E-state index is -0.0297. The number of hydrogen-bond acceptors (Lipinski definition) is 2. The number of rotatable bonds is 0. The summed E-state index contributed by atoms with van der Waals surface area (Å²) in [7, 11) is 0. The van der Waals surface area contributed by atoms with E-state index in [0.717, 1.165) is 19.3 Å². The van der Waals surface area contributed by atoms with Crippen molar-refractivity contribution in [1.29, 1.82) is 0 Å². The molecule has 0 aromatic carbocycles. The van der Waals surface area contributed by atoms with Crippen molar-refractivity contribution in [3.8, 4) is 0 Å². The molecule has 0 aromatic rings. The molecule has 1 heterocycles. The van der Waals surface area contributed by atoms with Crippen LogP contribution in [0.4, 0.5) is 0 Å². The summed E-state index contributed by atoms with van der Waals surface area (Å²) in [6.07, 6.45) is 14.3. The molecule has 16 heavy (non-hydrogen) atoms. The molecule has 0 fully saturated rings. The lowest BCUT2D eigenvalue weighted by molar-refractivity contribution is -0.148. The molecular formula is C14H24O2. The first-order valence-electron chi connectivity index (χ1n) is 6.63. The molecule has 92 valence electrons. The number of ether oxygens (including phenoxy) is 1. The third-order valence-electron chi connectivity index (χ3n) is 2.98. The van der Waals surface area contributed by atoms with Crippen molar-refractivity contribution in [3.63, 3.8) is 0 Å². The number of cyclic esters (lactones) is 1. The maximum Gasteiger partial charge on any atom is 0.306 e. The Morgan fingerprint density at radius 1 is 1.06 bits per heavy atom. The van der Waals surface area contributed by atoms with Crippen molar-refractivity contribution in [3.05, 3.63) is 12.2 Å². The highest BCUT2D eigenvalue weighted by molar-refractivity contribution is 5.69. The van der Waals surface area contributed by atoms with Crippen LogP contribution in [0, 0.1) is 0 Å². The Balaban J connectivity index is 2.31. The monoisotopic (exact) mass is 224 g/mol. The fraction of sp³-hybridized carbons (Fsp3) is 0.786. The molecule has 0 aliphatic carbocycles. The van der Waals surface area contributed by atoms with E-state index in [2.05, 4.69) is 12.2 Å². The van der Waals surface area contributed by atoms with E-state index in [1.165, 1.54) is 32.1 Å². The Morgan fingerprint density at radius 2 is 1.75 bits per heavy atom. The summed E-state index contributed by atoms with van der Waals surface area (Å²) in [5.41, 5.74) is 0. The Hall–Kier alpha value is -0.790. The highest BCUT2D eigenvalue weighted by Crippen LogP contribution is 2.12. The second kappa shape index (κ2) is 8.37. The van der Waals surface area contributed by atoms with Gasteiger partial charge in [0.1, 0.15) is 0 Å². The zero-order valence-corrected chi connectivity index (χ0v) is 10.4. The van der Waals surface area contributed by atoms with Gasteiger partial charge in [0.15, 0.2) is 0 Å². The fourth-order valence-corrected chi connectivity index (χ4v) is 1.99. The van der Waals surface area contributed by atoms with Crippen LogP contribution >= 0.6 is 0 Å². The van der Waals surface area contributed by atoms with Gasteiger partial charge in [-0.3, -0.25) is 4.79 Å². The van der Waals surface area contributed by atoms with E-state index in [1.54, 1.807) is 0 Å². The van der Waals surface area contributed by atoms with Gasteiger partial charge in [-0.15, -0.1) is 0 Å². The first-order chi connectivity index (χ1) is 7.79. The summed E-state index contributed by atoms with van der Waals surface area (Å²) in [5.74, 6) is -0.0297. The number of carbonyl (C=O) groups is 1. The topological polar surface area (TPSA) is 26.3 Å². The van der Waals surface area contributed by atoms with Crippen LogP contribution in [0.1, 0.15) is 64.7 Å². The summed E-state index contributed by atoms with van der Waals surface area (Å²) >= 11 is 0. The van der Waals surface area contributed by atoms with Crippen LogP contribution in [-0.2, 0) is 9.53 Å². The van der Waals surface area contributed by atoms with E-state index in [0.29, 0.717) is 6.42 Å². The minimum absolute atomic E-state index is 0.0297. The number of esters is 1. The molecule has 1 unspecified atom stereocenters. The van der Waals surface area contributed by atoms with E-state index < -0.39 is 0 Å². The highest BCUT2D eigenvalue weighted by Gasteiger charge is 2.08. The molecule has 1 rings (SSSR count). The lowest BCUT2D eigenvalue weighted by atomic mass is 10.1. The quantitative estimate of drug-likeness (QED) is 0.459. The van der Waals surface area contributed by atoms with Gasteiger partial charge in [0.05, 0.1) is 6.10 Å². The molecule has 0 radical (unpaired) electrons. The van der Waals surface area contributed by atoms with Gasteiger partial charge in [0, 0.05) is 6.42 Å². The second-order valence-electron chi connectivity index (χ2n) is 4.66. The molecule has 2 heteroatoms. The van der Waals surface area contributed by atoms with Gasteiger partial charge < -0.3 is 4.74 Å². The lowest BCUT2D eigenvalue weighted by Crippen LogP contribution is -2.14. The highest BCUT2D eigenvalue weighted by atomic mass is 16.5. The van der Waals surface area contributed by atoms with Crippen LogP contribution in [0.2, 0.25) is 0 Å². The van der Waals surface area contributed by atoms with Crippen LogP contribution in [0.25, 0.3) is 0 Å². The first kappa shape index (κ1) is 13.3. The molecule has 0 spiro atoms. The van der Waals surface area contributed by atoms with Gasteiger partial charge in [-0.1, -0.05) is 25.0 Å². The lowest BCUT2D eigenvalue weighted by Gasteiger charge is -2.13. The largest absolute Gasteiger partial charge is 0.463 e. The van der Waals surface area contributed by atoms with E-state index in [-0.39, 0.29) is 12.1 Å². The molecule has 0 bridgehead atoms. The van der Waals surface area contributed by atoms with Crippen LogP contribution in [0.3, 0.4) is 0 Å². The Kier molecular flexibility index (Phi) is 6.95. The predicted octanol–water partition coefficient (Wildman–Crippen LogP) is 4.00. The Morgan fingerprint density at radius 3 is 2.56 bits per heavy atom. The summed E-state index contributed by atoms with van der Waals surface area (Å²) < 4.78 is 5.33. The van der Waals surface area contributed by atoms with Crippen molar-refractivity contribution >= 4 is 5.97 Å². The zero-order valence-electron chi connectivity index (χ0n) is 10.4. The average Bonchev–Trinajstić information content (AvgIpc) is 2.25. The third-order valence-corrected chi connectivity index (χ3v) is 2.98. The summed E-state index contributed by atoms with van der Waals surface area (Å²) in [5, 5.41) is 0. The van der Waals surface area contributed by atoms with Crippen molar-refractivity contribution in [2.45, 2.75) is 70.8 Å². The van der Waals surface area contributed by atoms with Crippen LogP contribution < -0.4 is 0 Å². The molecule has 0 aromatic heterocycles. The standard InChI is InChI=1S/C14H24O2/c1-13-11-9-7-5-3-2-4-6-8-10-12-14(15)16-13/h4,6,13H,2-3,5,7-12H2,1H3/b6-4+. The normalized spacial score (nSPS) is 27.8. The van der Waals surface area contributed by atoms with Gasteiger partial charge in [-0.25, -0.2) is 0 Å². The molecule has 2 nitrogen and oxygen atoms in total. The maximum absolute atomic E-state index is 11.4. The summed E-state index contributed by atoms with van der Waals surface area (Å²) in [6.45, 7) is 2.00. The van der Waals surface area contributed by atoms with Crippen LogP contribution in [-0.4, -0.2) is 12.1 Å². The van der Waals surface area contributed by atoms with Crippen molar-refractivity contribution in [2.75, 3.05) is 0 Å². The maximum atomic E-state index is 11.4. The first-order valence-corrected chi connectivity index (χ1v) is 6.63.